The molecule has 0 radical (unpaired) electrons. The Kier molecular flexibility index (Phi) is 7.01. The Labute approximate surface area is 203 Å². The first-order valence-electron chi connectivity index (χ1n) is 11.3. The number of benzene rings is 2. The van der Waals surface area contributed by atoms with Gasteiger partial charge in [-0.15, -0.1) is 0 Å². The molecule has 0 aliphatic carbocycles. The molecule has 1 amide bonds. The zero-order valence-corrected chi connectivity index (χ0v) is 19.6. The zero-order chi connectivity index (χ0) is 24.9. The molecule has 1 atom stereocenters. The fourth-order valence-electron chi connectivity index (χ4n) is 3.84. The summed E-state index contributed by atoms with van der Waals surface area (Å²) in [6.07, 6.45) is 2.50. The molecule has 180 valence electrons. The SMILES string of the molecule is C=CCOc1ccc(C2C(=C(O)c3ccc(OCCC)cc3)C(=O)C(=O)N2c2cc(C)on2)cc1. The van der Waals surface area contributed by atoms with Gasteiger partial charge in [0.2, 0.25) is 0 Å². The molecule has 1 unspecified atom stereocenters. The molecule has 1 saturated heterocycles. The van der Waals surface area contributed by atoms with Crippen LogP contribution in [0.4, 0.5) is 5.82 Å². The zero-order valence-electron chi connectivity index (χ0n) is 19.6. The average Bonchev–Trinajstić information content (AvgIpc) is 3.42. The molecule has 8 heteroatoms. The molecule has 1 aromatic heterocycles. The standard InChI is InChI=1S/C27H26N2O6/c1-4-14-33-20-10-6-18(7-11-20)24-23(25(30)19-8-12-21(13-9-19)34-15-5-2)26(31)27(32)29(24)22-16-17(3)35-28-22/h4,6-13,16,24,30H,1,5,14-15H2,2-3H3. The molecule has 35 heavy (non-hydrogen) atoms. The third-order valence-corrected chi connectivity index (χ3v) is 5.47. The lowest BCUT2D eigenvalue weighted by Crippen LogP contribution is -2.29. The van der Waals surface area contributed by atoms with E-state index in [-0.39, 0.29) is 17.2 Å². The van der Waals surface area contributed by atoms with Gasteiger partial charge in [0.1, 0.15) is 29.6 Å². The minimum absolute atomic E-state index is 0.0439. The van der Waals surface area contributed by atoms with Crippen molar-refractivity contribution in [1.82, 2.24) is 5.16 Å². The third-order valence-electron chi connectivity index (χ3n) is 5.47. The number of carbonyl (C=O) groups excluding carboxylic acids is 2. The number of nitrogens with zero attached hydrogens (tertiary/aromatic N) is 2. The number of amides is 1. The van der Waals surface area contributed by atoms with Gasteiger partial charge < -0.3 is 19.1 Å². The number of aliphatic hydroxyl groups is 1. The van der Waals surface area contributed by atoms with Crippen LogP contribution in [0.3, 0.4) is 0 Å². The number of carbonyl (C=O) groups is 2. The molecule has 0 bridgehead atoms. The van der Waals surface area contributed by atoms with E-state index in [0.29, 0.717) is 41.6 Å². The van der Waals surface area contributed by atoms with Crippen LogP contribution in [0.15, 0.2) is 77.3 Å². The van der Waals surface area contributed by atoms with E-state index in [1.807, 2.05) is 6.92 Å². The number of Topliss-reactive ketones (excluding diaryl/α,β-unsaturated/α-hetero) is 1. The molecule has 0 saturated carbocycles. The average molecular weight is 475 g/mol. The van der Waals surface area contributed by atoms with Gasteiger partial charge in [-0.3, -0.25) is 14.5 Å². The van der Waals surface area contributed by atoms with Crippen LogP contribution in [0.2, 0.25) is 0 Å². The lowest BCUT2D eigenvalue weighted by atomic mass is 9.95. The van der Waals surface area contributed by atoms with E-state index in [2.05, 4.69) is 11.7 Å². The molecule has 8 nitrogen and oxygen atoms in total. The minimum Gasteiger partial charge on any atom is -0.507 e. The lowest BCUT2D eigenvalue weighted by Gasteiger charge is -2.23. The molecule has 1 fully saturated rings. The molecule has 4 rings (SSSR count). The lowest BCUT2D eigenvalue weighted by molar-refractivity contribution is -0.132. The molecule has 1 aliphatic heterocycles. The molecule has 2 aromatic carbocycles. The Morgan fingerprint density at radius 3 is 2.37 bits per heavy atom. The summed E-state index contributed by atoms with van der Waals surface area (Å²) in [6.45, 7) is 8.24. The van der Waals surface area contributed by atoms with Gasteiger partial charge in [-0.1, -0.05) is 36.9 Å². The number of anilines is 1. The van der Waals surface area contributed by atoms with Gasteiger partial charge in [0.15, 0.2) is 5.82 Å². The quantitative estimate of drug-likeness (QED) is 0.202. The number of ether oxygens (including phenoxy) is 2. The molecule has 0 spiro atoms. The summed E-state index contributed by atoms with van der Waals surface area (Å²) in [4.78, 5) is 27.5. The number of rotatable bonds is 9. The van der Waals surface area contributed by atoms with Crippen molar-refractivity contribution >= 4 is 23.3 Å². The van der Waals surface area contributed by atoms with Crippen molar-refractivity contribution in [3.05, 3.63) is 89.7 Å². The van der Waals surface area contributed by atoms with Crippen molar-refractivity contribution in [2.45, 2.75) is 26.3 Å². The Hall–Kier alpha value is -4.33. The van der Waals surface area contributed by atoms with Gasteiger partial charge in [-0.2, -0.15) is 0 Å². The maximum atomic E-state index is 13.2. The van der Waals surface area contributed by atoms with Crippen molar-refractivity contribution in [3.63, 3.8) is 0 Å². The monoisotopic (exact) mass is 474 g/mol. The highest BCUT2D eigenvalue weighted by atomic mass is 16.5. The highest BCUT2D eigenvalue weighted by Crippen LogP contribution is 2.42. The van der Waals surface area contributed by atoms with E-state index >= 15 is 0 Å². The Morgan fingerprint density at radius 1 is 1.11 bits per heavy atom. The second-order valence-electron chi connectivity index (χ2n) is 8.01. The highest BCUT2D eigenvalue weighted by Gasteiger charge is 2.48. The number of aryl methyl sites for hydroxylation is 1. The van der Waals surface area contributed by atoms with Gasteiger partial charge in [0.05, 0.1) is 18.2 Å². The topological polar surface area (TPSA) is 102 Å². The van der Waals surface area contributed by atoms with Crippen LogP contribution >= 0.6 is 0 Å². The fourth-order valence-corrected chi connectivity index (χ4v) is 3.84. The normalized spacial score (nSPS) is 17.0. The largest absolute Gasteiger partial charge is 0.507 e. The van der Waals surface area contributed by atoms with Gasteiger partial charge in [0, 0.05) is 11.6 Å². The van der Waals surface area contributed by atoms with Crippen LogP contribution in [0.25, 0.3) is 5.76 Å². The number of ketones is 1. The maximum Gasteiger partial charge on any atom is 0.301 e. The maximum absolute atomic E-state index is 13.2. The second-order valence-corrected chi connectivity index (χ2v) is 8.01. The van der Waals surface area contributed by atoms with Crippen LogP contribution in [-0.2, 0) is 9.59 Å². The summed E-state index contributed by atoms with van der Waals surface area (Å²) in [7, 11) is 0. The number of hydrogen-bond donors (Lipinski definition) is 1. The number of hydrogen-bond acceptors (Lipinski definition) is 7. The van der Waals surface area contributed by atoms with Crippen molar-refractivity contribution in [2.75, 3.05) is 18.1 Å². The predicted molar refractivity (Wildman–Crippen MR) is 130 cm³/mol. The first kappa shape index (κ1) is 23.8. The summed E-state index contributed by atoms with van der Waals surface area (Å²) in [5, 5.41) is 15.2. The van der Waals surface area contributed by atoms with Gasteiger partial charge in [-0.25, -0.2) is 0 Å². The molecule has 3 aromatic rings. The minimum atomic E-state index is -0.913. The first-order chi connectivity index (χ1) is 16.9. The molecular formula is C27H26N2O6. The van der Waals surface area contributed by atoms with Crippen molar-refractivity contribution in [3.8, 4) is 11.5 Å². The number of aliphatic hydroxyl groups excluding tert-OH is 1. The van der Waals surface area contributed by atoms with E-state index in [1.54, 1.807) is 67.6 Å². The molecule has 1 N–H and O–H groups in total. The van der Waals surface area contributed by atoms with E-state index < -0.39 is 17.7 Å². The van der Waals surface area contributed by atoms with Gasteiger partial charge in [-0.05, 0) is 55.3 Å². The summed E-state index contributed by atoms with van der Waals surface area (Å²) in [5.41, 5.74) is 0.942. The first-order valence-corrected chi connectivity index (χ1v) is 11.3. The van der Waals surface area contributed by atoms with Crippen LogP contribution in [-0.4, -0.2) is 35.2 Å². The van der Waals surface area contributed by atoms with Crippen molar-refractivity contribution in [2.24, 2.45) is 0 Å². The smallest absolute Gasteiger partial charge is 0.301 e. The summed E-state index contributed by atoms with van der Waals surface area (Å²) in [6, 6.07) is 14.3. The second kappa shape index (κ2) is 10.3. The van der Waals surface area contributed by atoms with Crippen LogP contribution < -0.4 is 14.4 Å². The summed E-state index contributed by atoms with van der Waals surface area (Å²) >= 11 is 0. The van der Waals surface area contributed by atoms with Crippen LogP contribution in [0.1, 0.15) is 36.3 Å². The number of aromatic nitrogens is 1. The van der Waals surface area contributed by atoms with E-state index in [1.165, 1.54) is 4.90 Å². The molecule has 1 aliphatic rings. The third kappa shape index (κ3) is 4.82. The highest BCUT2D eigenvalue weighted by molar-refractivity contribution is 6.51. The molecule has 2 heterocycles. The summed E-state index contributed by atoms with van der Waals surface area (Å²) in [5.74, 6) is 0.0100. The van der Waals surface area contributed by atoms with Gasteiger partial charge >= 0.3 is 5.91 Å². The van der Waals surface area contributed by atoms with E-state index in [0.717, 1.165) is 6.42 Å². The van der Waals surface area contributed by atoms with Gasteiger partial charge in [0.25, 0.3) is 5.78 Å². The molecular weight excluding hydrogens is 448 g/mol. The van der Waals surface area contributed by atoms with E-state index in [4.69, 9.17) is 14.0 Å². The Bertz CT molecular complexity index is 1260. The predicted octanol–water partition coefficient (Wildman–Crippen LogP) is 4.96. The fraction of sp³-hybridized carbons (Fsp3) is 0.222. The van der Waals surface area contributed by atoms with Crippen LogP contribution in [0.5, 0.6) is 11.5 Å². The van der Waals surface area contributed by atoms with Crippen molar-refractivity contribution in [1.29, 1.82) is 0 Å². The Morgan fingerprint density at radius 2 is 1.77 bits per heavy atom. The van der Waals surface area contributed by atoms with Crippen LogP contribution in [0, 0.1) is 6.92 Å². The summed E-state index contributed by atoms with van der Waals surface area (Å²) < 4.78 is 16.3. The van der Waals surface area contributed by atoms with E-state index in [9.17, 15) is 14.7 Å². The Balaban J connectivity index is 1.79. The van der Waals surface area contributed by atoms with Crippen molar-refractivity contribution < 1.29 is 28.7 Å².